The van der Waals surface area contributed by atoms with Crippen molar-refractivity contribution in [1.29, 1.82) is 0 Å². The third kappa shape index (κ3) is 5.31. The van der Waals surface area contributed by atoms with Gasteiger partial charge in [0, 0.05) is 52.1 Å². The van der Waals surface area contributed by atoms with Crippen LogP contribution in [0.5, 0.6) is 0 Å². The van der Waals surface area contributed by atoms with Crippen LogP contribution in [-0.4, -0.2) is 59.3 Å². The molecule has 0 atom stereocenters. The number of anilines is 1. The van der Waals surface area contributed by atoms with E-state index in [2.05, 4.69) is 5.32 Å². The smallest absolute Gasteiger partial charge is 0.379 e. The van der Waals surface area contributed by atoms with Crippen LogP contribution in [0.15, 0.2) is 18.2 Å². The fourth-order valence-corrected chi connectivity index (χ4v) is 2.74. The predicted octanol–water partition coefficient (Wildman–Crippen LogP) is 2.11. The van der Waals surface area contributed by atoms with Crippen LogP contribution >= 0.6 is 0 Å². The fraction of sp³-hybridized carbons (Fsp3) is 0.500. The zero-order valence-corrected chi connectivity index (χ0v) is 14.6. The van der Waals surface area contributed by atoms with Crippen LogP contribution < -0.4 is 5.32 Å². The second kappa shape index (κ2) is 8.23. The van der Waals surface area contributed by atoms with Crippen LogP contribution in [0.2, 0.25) is 0 Å². The standard InChI is InChI=1S/C16H19F3N4O4/c1-11(24)21-6-8-22(9-7-21)15(25)4-5-20-13-3-2-12(16(17,18)19)10-14(13)23(26)27/h2-3,10,20H,4-9H2,1H3. The van der Waals surface area contributed by atoms with E-state index in [1.165, 1.54) is 6.92 Å². The number of amides is 2. The van der Waals surface area contributed by atoms with Crippen molar-refractivity contribution in [2.75, 3.05) is 38.0 Å². The highest BCUT2D eigenvalue weighted by Gasteiger charge is 2.33. The molecule has 1 fully saturated rings. The van der Waals surface area contributed by atoms with Crippen molar-refractivity contribution >= 4 is 23.2 Å². The third-order valence-electron chi connectivity index (χ3n) is 4.25. The first-order chi connectivity index (χ1) is 12.6. The van der Waals surface area contributed by atoms with E-state index in [4.69, 9.17) is 0 Å². The SMILES string of the molecule is CC(=O)N1CCN(C(=O)CCNc2ccc(C(F)(F)F)cc2[N+](=O)[O-])CC1. The average molecular weight is 388 g/mol. The van der Waals surface area contributed by atoms with Crippen molar-refractivity contribution in [3.8, 4) is 0 Å². The summed E-state index contributed by atoms with van der Waals surface area (Å²) in [5.74, 6) is -0.251. The third-order valence-corrected chi connectivity index (χ3v) is 4.25. The molecule has 1 aliphatic rings. The number of rotatable bonds is 5. The van der Waals surface area contributed by atoms with E-state index in [9.17, 15) is 32.9 Å². The Bertz CT molecular complexity index is 731. The summed E-state index contributed by atoms with van der Waals surface area (Å²) < 4.78 is 38.1. The molecule has 11 heteroatoms. The molecule has 0 aromatic heterocycles. The molecule has 0 spiro atoms. The Kier molecular flexibility index (Phi) is 6.24. The van der Waals surface area contributed by atoms with Gasteiger partial charge in [-0.25, -0.2) is 0 Å². The summed E-state index contributed by atoms with van der Waals surface area (Å²) in [4.78, 5) is 36.8. The topological polar surface area (TPSA) is 95.8 Å². The van der Waals surface area contributed by atoms with Gasteiger partial charge in [0.15, 0.2) is 0 Å². The summed E-state index contributed by atoms with van der Waals surface area (Å²) in [5.41, 5.74) is -1.89. The van der Waals surface area contributed by atoms with Crippen LogP contribution in [0.4, 0.5) is 24.5 Å². The van der Waals surface area contributed by atoms with Gasteiger partial charge in [-0.05, 0) is 12.1 Å². The summed E-state index contributed by atoms with van der Waals surface area (Å²) in [7, 11) is 0. The van der Waals surface area contributed by atoms with Crippen molar-refractivity contribution in [1.82, 2.24) is 9.80 Å². The van der Waals surface area contributed by atoms with Gasteiger partial charge in [-0.3, -0.25) is 19.7 Å². The molecule has 1 N–H and O–H groups in total. The zero-order chi connectivity index (χ0) is 20.2. The highest BCUT2D eigenvalue weighted by atomic mass is 19.4. The molecule has 0 saturated carbocycles. The number of nitrogens with zero attached hydrogens (tertiary/aromatic N) is 3. The normalized spacial score (nSPS) is 14.8. The van der Waals surface area contributed by atoms with E-state index in [1.807, 2.05) is 0 Å². The number of nitrogens with one attached hydrogen (secondary N) is 1. The van der Waals surface area contributed by atoms with Crippen LogP contribution in [0, 0.1) is 10.1 Å². The molecule has 1 heterocycles. The molecule has 1 aromatic carbocycles. The molecule has 1 aliphatic heterocycles. The van der Waals surface area contributed by atoms with Gasteiger partial charge in [0.1, 0.15) is 5.69 Å². The van der Waals surface area contributed by atoms with Crippen molar-refractivity contribution in [2.45, 2.75) is 19.5 Å². The van der Waals surface area contributed by atoms with Gasteiger partial charge >= 0.3 is 6.18 Å². The molecule has 1 saturated heterocycles. The maximum absolute atomic E-state index is 12.7. The quantitative estimate of drug-likeness (QED) is 0.616. The Hall–Kier alpha value is -2.85. The van der Waals surface area contributed by atoms with Crippen LogP contribution in [0.25, 0.3) is 0 Å². The molecular weight excluding hydrogens is 369 g/mol. The molecular formula is C16H19F3N4O4. The lowest BCUT2D eigenvalue weighted by Gasteiger charge is -2.34. The molecule has 0 aliphatic carbocycles. The van der Waals surface area contributed by atoms with Gasteiger partial charge in [0.05, 0.1) is 10.5 Å². The van der Waals surface area contributed by atoms with Crippen LogP contribution in [-0.2, 0) is 15.8 Å². The van der Waals surface area contributed by atoms with Gasteiger partial charge in [-0.15, -0.1) is 0 Å². The first-order valence-corrected chi connectivity index (χ1v) is 8.22. The van der Waals surface area contributed by atoms with Crippen LogP contribution in [0.1, 0.15) is 18.9 Å². The first kappa shape index (κ1) is 20.5. The number of hydrogen-bond donors (Lipinski definition) is 1. The van der Waals surface area contributed by atoms with Crippen molar-refractivity contribution in [3.05, 3.63) is 33.9 Å². The molecule has 27 heavy (non-hydrogen) atoms. The highest BCUT2D eigenvalue weighted by molar-refractivity contribution is 5.78. The number of piperazine rings is 1. The van der Waals surface area contributed by atoms with Gasteiger partial charge in [0.2, 0.25) is 11.8 Å². The number of nitro groups is 1. The predicted molar refractivity (Wildman–Crippen MR) is 90.0 cm³/mol. The monoisotopic (exact) mass is 388 g/mol. The molecule has 1 aromatic rings. The second-order valence-electron chi connectivity index (χ2n) is 6.05. The second-order valence-corrected chi connectivity index (χ2v) is 6.05. The number of halogens is 3. The van der Waals surface area contributed by atoms with E-state index in [-0.39, 0.29) is 30.5 Å². The maximum atomic E-state index is 12.7. The van der Waals surface area contributed by atoms with Gasteiger partial charge in [-0.1, -0.05) is 0 Å². The van der Waals surface area contributed by atoms with Crippen molar-refractivity contribution in [3.63, 3.8) is 0 Å². The number of benzene rings is 1. The molecule has 0 bridgehead atoms. The van der Waals surface area contributed by atoms with E-state index in [1.54, 1.807) is 9.80 Å². The lowest BCUT2D eigenvalue weighted by atomic mass is 10.1. The maximum Gasteiger partial charge on any atom is 0.416 e. The van der Waals surface area contributed by atoms with Gasteiger partial charge in [0.25, 0.3) is 5.69 Å². The first-order valence-electron chi connectivity index (χ1n) is 8.22. The Morgan fingerprint density at radius 3 is 2.30 bits per heavy atom. The summed E-state index contributed by atoms with van der Waals surface area (Å²) in [6.45, 7) is 3.19. The van der Waals surface area contributed by atoms with Crippen LogP contribution in [0.3, 0.4) is 0 Å². The highest BCUT2D eigenvalue weighted by Crippen LogP contribution is 2.34. The number of hydrogen-bond acceptors (Lipinski definition) is 5. The molecule has 2 amide bonds. The minimum Gasteiger partial charge on any atom is -0.379 e. The molecule has 0 radical (unpaired) electrons. The minimum absolute atomic E-state index is 0.0260. The van der Waals surface area contributed by atoms with E-state index < -0.39 is 22.4 Å². The molecule has 8 nitrogen and oxygen atoms in total. The summed E-state index contributed by atoms with van der Waals surface area (Å²) in [6, 6.07) is 2.19. The number of carbonyl (C=O) groups excluding carboxylic acids is 2. The zero-order valence-electron chi connectivity index (χ0n) is 14.6. The Morgan fingerprint density at radius 2 is 1.78 bits per heavy atom. The molecule has 0 unspecified atom stereocenters. The van der Waals surface area contributed by atoms with Gasteiger partial charge < -0.3 is 15.1 Å². The number of carbonyl (C=O) groups is 2. The largest absolute Gasteiger partial charge is 0.416 e. The lowest BCUT2D eigenvalue weighted by Crippen LogP contribution is -2.50. The van der Waals surface area contributed by atoms with Crippen molar-refractivity contribution in [2.24, 2.45) is 0 Å². The minimum atomic E-state index is -4.68. The Morgan fingerprint density at radius 1 is 1.19 bits per heavy atom. The van der Waals surface area contributed by atoms with E-state index in [0.717, 1.165) is 12.1 Å². The summed E-state index contributed by atoms with van der Waals surface area (Å²) in [5, 5.41) is 13.7. The van der Waals surface area contributed by atoms with E-state index >= 15 is 0 Å². The Labute approximate surface area is 153 Å². The van der Waals surface area contributed by atoms with E-state index in [0.29, 0.717) is 32.2 Å². The van der Waals surface area contributed by atoms with Gasteiger partial charge in [-0.2, -0.15) is 13.2 Å². The summed E-state index contributed by atoms with van der Waals surface area (Å²) >= 11 is 0. The lowest BCUT2D eigenvalue weighted by molar-refractivity contribution is -0.384. The fourth-order valence-electron chi connectivity index (χ4n) is 2.74. The molecule has 148 valence electrons. The summed E-state index contributed by atoms with van der Waals surface area (Å²) in [6.07, 6.45) is -4.65. The number of alkyl halides is 3. The van der Waals surface area contributed by atoms with Crippen molar-refractivity contribution < 1.29 is 27.7 Å². The number of nitro benzene ring substituents is 1. The average Bonchev–Trinajstić information content (AvgIpc) is 2.60. The molecule has 2 rings (SSSR count). The Balaban J connectivity index is 1.92.